The van der Waals surface area contributed by atoms with Crippen LogP contribution < -0.4 is 10.1 Å². The molecule has 1 aliphatic rings. The predicted molar refractivity (Wildman–Crippen MR) is 109 cm³/mol. The summed E-state index contributed by atoms with van der Waals surface area (Å²) in [4.78, 5) is 12.9. The van der Waals surface area contributed by atoms with Crippen molar-refractivity contribution in [3.05, 3.63) is 79.7 Å². The van der Waals surface area contributed by atoms with Crippen molar-refractivity contribution in [1.82, 2.24) is 0 Å². The fraction of sp³-hybridized carbons (Fsp3) is 0.190. The van der Waals surface area contributed by atoms with E-state index in [2.05, 4.69) is 33.4 Å². The topological polar surface area (TPSA) is 38.3 Å². The molecule has 1 N–H and O–H groups in total. The Balaban J connectivity index is 1.38. The van der Waals surface area contributed by atoms with Gasteiger partial charge in [-0.25, -0.2) is 4.39 Å². The maximum Gasteiger partial charge on any atom is 0.265 e. The summed E-state index contributed by atoms with van der Waals surface area (Å²) in [6.45, 7) is 0.398. The number of nitrogens with one attached hydrogen (secondary N) is 1. The SMILES string of the molecule is O=C(Nc1ccc(Br)cc1F)c1cc(COc2ccc3c(c2)CCC3)cs1. The first-order valence-corrected chi connectivity index (χ1v) is 10.3. The van der Waals surface area contributed by atoms with Gasteiger partial charge in [0.25, 0.3) is 5.91 Å². The Morgan fingerprint density at radius 1 is 1.15 bits per heavy atom. The van der Waals surface area contributed by atoms with E-state index in [1.165, 1.54) is 41.0 Å². The molecule has 3 aromatic rings. The van der Waals surface area contributed by atoms with E-state index in [4.69, 9.17) is 4.74 Å². The van der Waals surface area contributed by atoms with E-state index >= 15 is 0 Å². The lowest BCUT2D eigenvalue weighted by atomic mass is 10.1. The van der Waals surface area contributed by atoms with Crippen LogP contribution in [0.4, 0.5) is 10.1 Å². The van der Waals surface area contributed by atoms with E-state index in [-0.39, 0.29) is 11.6 Å². The summed E-state index contributed by atoms with van der Waals surface area (Å²) < 4.78 is 20.4. The normalized spacial score (nSPS) is 12.7. The summed E-state index contributed by atoms with van der Waals surface area (Å²) in [5, 5.41) is 4.49. The molecule has 0 atom stereocenters. The molecule has 6 heteroatoms. The average Bonchev–Trinajstić information content (AvgIpc) is 3.31. The van der Waals surface area contributed by atoms with Crippen molar-refractivity contribution in [2.45, 2.75) is 25.9 Å². The van der Waals surface area contributed by atoms with E-state index < -0.39 is 5.82 Å². The molecule has 0 fully saturated rings. The molecule has 0 spiro atoms. The zero-order chi connectivity index (χ0) is 18.8. The van der Waals surface area contributed by atoms with Gasteiger partial charge >= 0.3 is 0 Å². The largest absolute Gasteiger partial charge is 0.489 e. The molecule has 138 valence electrons. The van der Waals surface area contributed by atoms with Crippen LogP contribution in [0.2, 0.25) is 0 Å². The summed E-state index contributed by atoms with van der Waals surface area (Å²) in [7, 11) is 0. The van der Waals surface area contributed by atoms with Crippen molar-refractivity contribution in [2.24, 2.45) is 0 Å². The average molecular weight is 446 g/mol. The molecule has 1 amide bonds. The molecule has 4 rings (SSSR count). The van der Waals surface area contributed by atoms with Gasteiger partial charge in [0.05, 0.1) is 10.6 Å². The molecular weight excluding hydrogens is 429 g/mol. The summed E-state index contributed by atoms with van der Waals surface area (Å²) in [6.07, 6.45) is 3.47. The van der Waals surface area contributed by atoms with Gasteiger partial charge < -0.3 is 10.1 Å². The predicted octanol–water partition coefficient (Wildman–Crippen LogP) is 5.97. The van der Waals surface area contributed by atoms with Crippen molar-refractivity contribution in [3.8, 4) is 5.75 Å². The number of carbonyl (C=O) groups is 1. The van der Waals surface area contributed by atoms with E-state index in [9.17, 15) is 9.18 Å². The van der Waals surface area contributed by atoms with E-state index in [1.54, 1.807) is 12.1 Å². The lowest BCUT2D eigenvalue weighted by Crippen LogP contribution is -2.11. The number of thiophene rings is 1. The Morgan fingerprint density at radius 2 is 2.00 bits per heavy atom. The van der Waals surface area contributed by atoms with Gasteiger partial charge in [-0.05, 0) is 72.2 Å². The van der Waals surface area contributed by atoms with Crippen LogP contribution in [-0.4, -0.2) is 5.91 Å². The fourth-order valence-corrected chi connectivity index (χ4v) is 4.27. The molecule has 0 saturated carbocycles. The van der Waals surface area contributed by atoms with Gasteiger partial charge in [-0.1, -0.05) is 22.0 Å². The number of anilines is 1. The van der Waals surface area contributed by atoms with E-state index in [0.29, 0.717) is 16.0 Å². The number of carbonyl (C=O) groups excluding carboxylic acids is 1. The first-order chi connectivity index (χ1) is 13.1. The summed E-state index contributed by atoms with van der Waals surface area (Å²) in [5.41, 5.74) is 3.86. The summed E-state index contributed by atoms with van der Waals surface area (Å²) >= 11 is 4.52. The monoisotopic (exact) mass is 445 g/mol. The maximum atomic E-state index is 13.9. The summed E-state index contributed by atoms with van der Waals surface area (Å²) in [5.74, 6) is 0.0456. The third-order valence-electron chi connectivity index (χ3n) is 4.53. The van der Waals surface area contributed by atoms with Gasteiger partial charge in [-0.3, -0.25) is 4.79 Å². The molecule has 0 bridgehead atoms. The molecule has 1 heterocycles. The second-order valence-corrected chi connectivity index (χ2v) is 8.30. The van der Waals surface area contributed by atoms with Crippen LogP contribution in [0.25, 0.3) is 0 Å². The Hall–Kier alpha value is -2.18. The second kappa shape index (κ2) is 7.82. The number of fused-ring (bicyclic) bond motifs is 1. The molecule has 0 radical (unpaired) electrons. The van der Waals surface area contributed by atoms with Crippen molar-refractivity contribution in [2.75, 3.05) is 5.32 Å². The van der Waals surface area contributed by atoms with Gasteiger partial charge in [0, 0.05) is 10.0 Å². The van der Waals surface area contributed by atoms with Crippen LogP contribution in [0, 0.1) is 5.82 Å². The number of amides is 1. The number of benzene rings is 2. The van der Waals surface area contributed by atoms with Gasteiger partial charge in [0.1, 0.15) is 18.2 Å². The first kappa shape index (κ1) is 18.2. The van der Waals surface area contributed by atoms with E-state index in [0.717, 1.165) is 24.2 Å². The quantitative estimate of drug-likeness (QED) is 0.525. The van der Waals surface area contributed by atoms with Gasteiger partial charge in [-0.2, -0.15) is 0 Å². The van der Waals surface area contributed by atoms with Crippen molar-refractivity contribution in [3.63, 3.8) is 0 Å². The van der Waals surface area contributed by atoms with E-state index in [1.807, 2.05) is 11.4 Å². The molecule has 3 nitrogen and oxygen atoms in total. The van der Waals surface area contributed by atoms with Crippen molar-refractivity contribution in [1.29, 1.82) is 0 Å². The van der Waals surface area contributed by atoms with Crippen molar-refractivity contribution < 1.29 is 13.9 Å². The lowest BCUT2D eigenvalue weighted by molar-refractivity contribution is 0.103. The van der Waals surface area contributed by atoms with Crippen LogP contribution in [-0.2, 0) is 19.4 Å². The lowest BCUT2D eigenvalue weighted by Gasteiger charge is -2.07. The maximum absolute atomic E-state index is 13.9. The Labute approximate surface area is 169 Å². The van der Waals surface area contributed by atoms with Crippen LogP contribution in [0.5, 0.6) is 5.75 Å². The highest BCUT2D eigenvalue weighted by molar-refractivity contribution is 9.10. The minimum absolute atomic E-state index is 0.160. The molecule has 1 aliphatic carbocycles. The molecule has 2 aromatic carbocycles. The number of hydrogen-bond acceptors (Lipinski definition) is 3. The summed E-state index contributed by atoms with van der Waals surface area (Å²) in [6, 6.07) is 12.6. The molecular formula is C21H17BrFNO2S. The Bertz CT molecular complexity index is 1000. The highest BCUT2D eigenvalue weighted by Gasteiger charge is 2.14. The highest BCUT2D eigenvalue weighted by atomic mass is 79.9. The van der Waals surface area contributed by atoms with Crippen LogP contribution in [0.1, 0.15) is 32.8 Å². The number of hydrogen-bond donors (Lipinski definition) is 1. The van der Waals surface area contributed by atoms with Crippen molar-refractivity contribution >= 4 is 38.9 Å². The van der Waals surface area contributed by atoms with Crippen LogP contribution in [0.15, 0.2) is 52.3 Å². The first-order valence-electron chi connectivity index (χ1n) is 8.67. The smallest absolute Gasteiger partial charge is 0.265 e. The van der Waals surface area contributed by atoms with Gasteiger partial charge in [-0.15, -0.1) is 11.3 Å². The minimum atomic E-state index is -0.477. The number of halogens is 2. The standard InChI is InChI=1S/C21H17BrFNO2S/c22-16-5-7-19(18(23)10-16)24-21(25)20-8-13(12-27-20)11-26-17-6-4-14-2-1-3-15(14)9-17/h4-10,12H,1-3,11H2,(H,24,25). The number of ether oxygens (including phenoxy) is 1. The Morgan fingerprint density at radius 3 is 2.85 bits per heavy atom. The number of rotatable bonds is 5. The second-order valence-electron chi connectivity index (χ2n) is 6.47. The minimum Gasteiger partial charge on any atom is -0.489 e. The van der Waals surface area contributed by atoms with Gasteiger partial charge in [0.2, 0.25) is 0 Å². The third-order valence-corrected chi connectivity index (χ3v) is 6.00. The van der Waals surface area contributed by atoms with Crippen LogP contribution >= 0.6 is 27.3 Å². The zero-order valence-electron chi connectivity index (χ0n) is 14.4. The zero-order valence-corrected chi connectivity index (χ0v) is 16.8. The highest BCUT2D eigenvalue weighted by Crippen LogP contribution is 2.27. The number of aryl methyl sites for hydroxylation is 2. The molecule has 0 aliphatic heterocycles. The fourth-order valence-electron chi connectivity index (χ4n) is 3.15. The molecule has 0 saturated heterocycles. The molecule has 1 aromatic heterocycles. The third kappa shape index (κ3) is 4.22. The molecule has 27 heavy (non-hydrogen) atoms. The van der Waals surface area contributed by atoms with Gasteiger partial charge in [0.15, 0.2) is 0 Å². The molecule has 0 unspecified atom stereocenters. The Kier molecular flexibility index (Phi) is 5.27. The van der Waals surface area contributed by atoms with Crippen LogP contribution in [0.3, 0.4) is 0 Å².